The van der Waals surface area contributed by atoms with Gasteiger partial charge < -0.3 is 4.90 Å². The normalized spacial score (nSPS) is 19.8. The third-order valence-electron chi connectivity index (χ3n) is 2.73. The number of nitrogens with zero attached hydrogens (tertiary/aromatic N) is 1. The van der Waals surface area contributed by atoms with E-state index in [-0.39, 0.29) is 0 Å². The summed E-state index contributed by atoms with van der Waals surface area (Å²) in [4.78, 5) is 12.4. The van der Waals surface area contributed by atoms with Crippen LogP contribution < -0.4 is 0 Å². The van der Waals surface area contributed by atoms with Gasteiger partial charge in [-0.1, -0.05) is 45.4 Å². The van der Waals surface area contributed by atoms with Gasteiger partial charge in [-0.25, -0.2) is 0 Å². The van der Waals surface area contributed by atoms with Crippen LogP contribution in [0.5, 0.6) is 0 Å². The Balaban J connectivity index is 1.98. The molecular weight excluding hydrogens is 206 g/mol. The van der Waals surface area contributed by atoms with Crippen molar-refractivity contribution in [3.05, 3.63) is 11.6 Å². The van der Waals surface area contributed by atoms with Crippen LogP contribution in [0.25, 0.3) is 0 Å². The Bertz CT molecular complexity index is 206. The maximum absolute atomic E-state index is 10.7. The SMILES string of the molecule is CCCCCCCCC1SC=CN1C=O. The highest BCUT2D eigenvalue weighted by atomic mass is 32.2. The highest BCUT2D eigenvalue weighted by Gasteiger charge is 2.17. The minimum Gasteiger partial charge on any atom is -0.308 e. The van der Waals surface area contributed by atoms with Crippen molar-refractivity contribution in [1.29, 1.82) is 0 Å². The van der Waals surface area contributed by atoms with Gasteiger partial charge in [0.15, 0.2) is 0 Å². The van der Waals surface area contributed by atoms with Crippen molar-refractivity contribution in [2.45, 2.75) is 57.2 Å². The Kier molecular flexibility index (Phi) is 6.57. The van der Waals surface area contributed by atoms with Crippen LogP contribution in [0.3, 0.4) is 0 Å². The van der Waals surface area contributed by atoms with Crippen LogP contribution in [0.2, 0.25) is 0 Å². The molecule has 86 valence electrons. The number of thioether (sulfide) groups is 1. The van der Waals surface area contributed by atoms with E-state index in [1.54, 1.807) is 16.7 Å². The van der Waals surface area contributed by atoms with Gasteiger partial charge in [0.25, 0.3) is 0 Å². The van der Waals surface area contributed by atoms with Crippen LogP contribution in [0.15, 0.2) is 11.6 Å². The van der Waals surface area contributed by atoms with Gasteiger partial charge >= 0.3 is 0 Å². The van der Waals surface area contributed by atoms with Gasteiger partial charge in [0.2, 0.25) is 6.41 Å². The van der Waals surface area contributed by atoms with Crippen molar-refractivity contribution in [1.82, 2.24) is 4.90 Å². The highest BCUT2D eigenvalue weighted by Crippen LogP contribution is 2.27. The minimum absolute atomic E-state index is 0.369. The van der Waals surface area contributed by atoms with Crippen molar-refractivity contribution < 1.29 is 4.79 Å². The van der Waals surface area contributed by atoms with Crippen LogP contribution in [0.4, 0.5) is 0 Å². The largest absolute Gasteiger partial charge is 0.308 e. The number of hydrogen-bond acceptors (Lipinski definition) is 2. The number of carbonyl (C=O) groups is 1. The predicted molar refractivity (Wildman–Crippen MR) is 66.4 cm³/mol. The van der Waals surface area contributed by atoms with Crippen molar-refractivity contribution in [3.8, 4) is 0 Å². The quantitative estimate of drug-likeness (QED) is 0.465. The van der Waals surface area contributed by atoms with E-state index in [4.69, 9.17) is 0 Å². The molecule has 3 heteroatoms. The lowest BCUT2D eigenvalue weighted by molar-refractivity contribution is -0.116. The molecule has 1 atom stereocenters. The molecule has 1 amide bonds. The first-order valence-corrected chi connectivity index (χ1v) is 6.87. The maximum Gasteiger partial charge on any atom is 0.214 e. The van der Waals surface area contributed by atoms with Crippen LogP contribution in [0, 0.1) is 0 Å². The Labute approximate surface area is 97.1 Å². The van der Waals surface area contributed by atoms with E-state index >= 15 is 0 Å². The molecule has 0 N–H and O–H groups in total. The van der Waals surface area contributed by atoms with Crippen molar-refractivity contribution in [3.63, 3.8) is 0 Å². The number of carbonyl (C=O) groups excluding carboxylic acids is 1. The Morgan fingerprint density at radius 3 is 2.73 bits per heavy atom. The lowest BCUT2D eigenvalue weighted by Crippen LogP contribution is -2.22. The average Bonchev–Trinajstić information content (AvgIpc) is 2.70. The molecular formula is C12H21NOS. The van der Waals surface area contributed by atoms with Crippen LogP contribution in [-0.2, 0) is 4.79 Å². The van der Waals surface area contributed by atoms with Gasteiger partial charge in [0, 0.05) is 6.20 Å². The average molecular weight is 227 g/mol. The van der Waals surface area contributed by atoms with E-state index in [1.807, 2.05) is 11.6 Å². The first-order chi connectivity index (χ1) is 7.38. The van der Waals surface area contributed by atoms with Gasteiger partial charge in [-0.15, -0.1) is 11.8 Å². The molecule has 0 radical (unpaired) electrons. The van der Waals surface area contributed by atoms with Gasteiger partial charge in [-0.3, -0.25) is 4.79 Å². The Hall–Kier alpha value is -0.440. The second-order valence-electron chi connectivity index (χ2n) is 3.98. The van der Waals surface area contributed by atoms with Gasteiger partial charge in [0.1, 0.15) is 0 Å². The summed E-state index contributed by atoms with van der Waals surface area (Å²) in [6, 6.07) is 0. The number of unbranched alkanes of at least 4 members (excludes halogenated alkanes) is 5. The molecule has 0 saturated heterocycles. The summed E-state index contributed by atoms with van der Waals surface area (Å²) in [5.41, 5.74) is 0. The van der Waals surface area contributed by atoms with Gasteiger partial charge in [-0.05, 0) is 11.8 Å². The summed E-state index contributed by atoms with van der Waals surface area (Å²) < 4.78 is 0. The second-order valence-corrected chi connectivity index (χ2v) is 5.07. The second kappa shape index (κ2) is 7.80. The summed E-state index contributed by atoms with van der Waals surface area (Å²) in [5, 5.41) is 2.38. The molecule has 1 rings (SSSR count). The summed E-state index contributed by atoms with van der Waals surface area (Å²) in [6.45, 7) is 2.24. The van der Waals surface area contributed by atoms with E-state index in [9.17, 15) is 4.79 Å². The third-order valence-corrected chi connectivity index (χ3v) is 3.80. The fraction of sp³-hybridized carbons (Fsp3) is 0.750. The molecule has 0 spiro atoms. The van der Waals surface area contributed by atoms with E-state index in [0.717, 1.165) is 12.8 Å². The monoisotopic (exact) mass is 227 g/mol. The van der Waals surface area contributed by atoms with E-state index in [2.05, 4.69) is 6.92 Å². The van der Waals surface area contributed by atoms with E-state index < -0.39 is 0 Å². The molecule has 0 saturated carbocycles. The molecule has 2 nitrogen and oxygen atoms in total. The lowest BCUT2D eigenvalue weighted by atomic mass is 10.1. The number of rotatable bonds is 8. The molecule has 1 unspecified atom stereocenters. The number of hydrogen-bond donors (Lipinski definition) is 0. The van der Waals surface area contributed by atoms with Crippen molar-refractivity contribution in [2.24, 2.45) is 0 Å². The topological polar surface area (TPSA) is 20.3 Å². The zero-order chi connectivity index (χ0) is 10.9. The van der Waals surface area contributed by atoms with Crippen LogP contribution >= 0.6 is 11.8 Å². The first-order valence-electron chi connectivity index (χ1n) is 5.93. The van der Waals surface area contributed by atoms with Gasteiger partial charge in [0.05, 0.1) is 5.37 Å². The first kappa shape index (κ1) is 12.6. The van der Waals surface area contributed by atoms with E-state index in [1.165, 1.54) is 38.5 Å². The summed E-state index contributed by atoms with van der Waals surface area (Å²) in [5.74, 6) is 0. The van der Waals surface area contributed by atoms with Crippen LogP contribution in [0.1, 0.15) is 51.9 Å². The van der Waals surface area contributed by atoms with Crippen molar-refractivity contribution >= 4 is 18.2 Å². The molecule has 15 heavy (non-hydrogen) atoms. The molecule has 0 aromatic carbocycles. The smallest absolute Gasteiger partial charge is 0.214 e. The predicted octanol–water partition coefficient (Wildman–Crippen LogP) is 3.74. The molecule has 0 aromatic rings. The molecule has 0 aromatic heterocycles. The molecule has 1 aliphatic heterocycles. The molecule has 1 heterocycles. The lowest BCUT2D eigenvalue weighted by Gasteiger charge is -2.17. The molecule has 0 fully saturated rings. The molecule has 1 aliphatic rings. The van der Waals surface area contributed by atoms with Crippen molar-refractivity contribution in [2.75, 3.05) is 0 Å². The number of amides is 1. The molecule has 0 aliphatic carbocycles. The maximum atomic E-state index is 10.7. The zero-order valence-corrected chi connectivity index (χ0v) is 10.3. The Morgan fingerprint density at radius 1 is 1.27 bits per heavy atom. The van der Waals surface area contributed by atoms with E-state index in [0.29, 0.717) is 5.37 Å². The minimum atomic E-state index is 0.369. The summed E-state index contributed by atoms with van der Waals surface area (Å²) in [7, 11) is 0. The highest BCUT2D eigenvalue weighted by molar-refractivity contribution is 8.02. The summed E-state index contributed by atoms with van der Waals surface area (Å²) >= 11 is 1.76. The summed E-state index contributed by atoms with van der Waals surface area (Å²) in [6.07, 6.45) is 11.9. The fourth-order valence-electron chi connectivity index (χ4n) is 1.78. The zero-order valence-electron chi connectivity index (χ0n) is 9.52. The van der Waals surface area contributed by atoms with Gasteiger partial charge in [-0.2, -0.15) is 0 Å². The Morgan fingerprint density at radius 2 is 2.00 bits per heavy atom. The third kappa shape index (κ3) is 4.74. The fourth-order valence-corrected chi connectivity index (χ4v) is 2.74. The standard InChI is InChI=1S/C12H21NOS/c1-2-3-4-5-6-7-8-12-13(11-14)9-10-15-12/h9-12H,2-8H2,1H3. The van der Waals surface area contributed by atoms with Crippen LogP contribution in [-0.4, -0.2) is 16.7 Å². The molecule has 0 bridgehead atoms.